The molecule has 3 amide bonds. The highest BCUT2D eigenvalue weighted by atomic mass is 16.3. The molecule has 2 aromatic rings. The second-order valence-corrected chi connectivity index (χ2v) is 5.48. The van der Waals surface area contributed by atoms with Crippen LogP contribution in [0.5, 0.6) is 0 Å². The van der Waals surface area contributed by atoms with Crippen molar-refractivity contribution in [1.29, 1.82) is 0 Å². The highest BCUT2D eigenvalue weighted by Gasteiger charge is 2.51. The van der Waals surface area contributed by atoms with E-state index in [4.69, 9.17) is 4.42 Å². The van der Waals surface area contributed by atoms with E-state index in [1.165, 1.54) is 6.26 Å². The average molecular weight is 313 g/mol. The van der Waals surface area contributed by atoms with Gasteiger partial charge in [-0.3, -0.25) is 19.5 Å². The lowest BCUT2D eigenvalue weighted by Gasteiger charge is -2.18. The van der Waals surface area contributed by atoms with Crippen molar-refractivity contribution in [3.63, 3.8) is 0 Å². The molecule has 7 heteroatoms. The molecule has 0 radical (unpaired) electrons. The van der Waals surface area contributed by atoms with Gasteiger partial charge in [0.1, 0.15) is 5.76 Å². The van der Waals surface area contributed by atoms with E-state index >= 15 is 0 Å². The lowest BCUT2D eigenvalue weighted by Crippen LogP contribution is -2.41. The number of hydrogen-bond acceptors (Lipinski definition) is 5. The van der Waals surface area contributed by atoms with E-state index < -0.39 is 17.5 Å². The predicted molar refractivity (Wildman–Crippen MR) is 79.6 cm³/mol. The van der Waals surface area contributed by atoms with Crippen LogP contribution in [0.1, 0.15) is 28.7 Å². The molecule has 3 heterocycles. The first-order valence-corrected chi connectivity index (χ1v) is 7.06. The molecule has 1 unspecified atom stereocenters. The Bertz CT molecular complexity index is 784. The van der Waals surface area contributed by atoms with Crippen LogP contribution in [0.2, 0.25) is 0 Å². The lowest BCUT2D eigenvalue weighted by molar-refractivity contribution is -0.131. The Morgan fingerprint density at radius 3 is 2.78 bits per heavy atom. The quantitative estimate of drug-likeness (QED) is 0.684. The van der Waals surface area contributed by atoms with Crippen molar-refractivity contribution in [2.24, 2.45) is 0 Å². The highest BCUT2D eigenvalue weighted by Crippen LogP contribution is 2.29. The molecule has 0 saturated carbocycles. The minimum atomic E-state index is -1.30. The van der Waals surface area contributed by atoms with Gasteiger partial charge in [0.15, 0.2) is 11.3 Å². The molecule has 2 aromatic heterocycles. The summed E-state index contributed by atoms with van der Waals surface area (Å²) in [5, 5.41) is 2.58. The third-order valence-electron chi connectivity index (χ3n) is 3.90. The second-order valence-electron chi connectivity index (χ2n) is 5.48. The van der Waals surface area contributed by atoms with Crippen LogP contribution in [-0.2, 0) is 10.3 Å². The summed E-state index contributed by atoms with van der Waals surface area (Å²) in [7, 11) is 0. The smallest absolute Gasteiger partial charge is 0.325 e. The number of ketones is 1. The van der Waals surface area contributed by atoms with Crippen LogP contribution in [0.15, 0.2) is 41.1 Å². The zero-order chi connectivity index (χ0) is 16.6. The molecule has 118 valence electrons. The Hall–Kier alpha value is -2.96. The fourth-order valence-electron chi connectivity index (χ4n) is 2.58. The molecule has 0 aliphatic carbocycles. The molecule has 7 nitrogen and oxygen atoms in total. The Labute approximate surface area is 132 Å². The zero-order valence-corrected chi connectivity index (χ0v) is 12.7. The second kappa shape index (κ2) is 5.35. The number of carbonyl (C=O) groups is 3. The van der Waals surface area contributed by atoms with Crippen LogP contribution in [0, 0.1) is 6.92 Å². The summed E-state index contributed by atoms with van der Waals surface area (Å²) in [6.45, 7) is 2.91. The summed E-state index contributed by atoms with van der Waals surface area (Å²) in [5.41, 5.74) is -0.358. The van der Waals surface area contributed by atoms with Crippen molar-refractivity contribution in [3.8, 4) is 0 Å². The van der Waals surface area contributed by atoms with Crippen LogP contribution in [0.4, 0.5) is 4.79 Å². The summed E-state index contributed by atoms with van der Waals surface area (Å²) in [4.78, 5) is 42.0. The third-order valence-corrected chi connectivity index (χ3v) is 3.90. The summed E-state index contributed by atoms with van der Waals surface area (Å²) in [6.07, 6.45) is 3.00. The normalized spacial score (nSPS) is 20.7. The first-order valence-electron chi connectivity index (χ1n) is 7.06. The maximum absolute atomic E-state index is 12.6. The summed E-state index contributed by atoms with van der Waals surface area (Å²) >= 11 is 0. The van der Waals surface area contributed by atoms with E-state index in [2.05, 4.69) is 10.3 Å². The number of Topliss-reactive ketones (excluding diaryl/α,β-unsaturated/α-hetero) is 1. The van der Waals surface area contributed by atoms with E-state index in [-0.39, 0.29) is 12.3 Å². The summed E-state index contributed by atoms with van der Waals surface area (Å²) in [5.74, 6) is -0.543. The summed E-state index contributed by atoms with van der Waals surface area (Å²) < 4.78 is 5.24. The van der Waals surface area contributed by atoms with E-state index in [1.54, 1.807) is 44.3 Å². The van der Waals surface area contributed by atoms with Gasteiger partial charge in [-0.05, 0) is 38.1 Å². The number of urea groups is 1. The number of imide groups is 1. The van der Waals surface area contributed by atoms with Gasteiger partial charge >= 0.3 is 6.03 Å². The van der Waals surface area contributed by atoms with E-state index in [9.17, 15) is 14.4 Å². The van der Waals surface area contributed by atoms with Gasteiger partial charge in [-0.15, -0.1) is 0 Å². The molecule has 1 fully saturated rings. The Balaban J connectivity index is 1.84. The van der Waals surface area contributed by atoms with Crippen molar-refractivity contribution in [1.82, 2.24) is 15.2 Å². The van der Waals surface area contributed by atoms with Gasteiger partial charge < -0.3 is 9.73 Å². The van der Waals surface area contributed by atoms with Crippen molar-refractivity contribution < 1.29 is 18.8 Å². The monoisotopic (exact) mass is 313 g/mol. The van der Waals surface area contributed by atoms with Crippen molar-refractivity contribution in [3.05, 3.63) is 53.7 Å². The molecule has 23 heavy (non-hydrogen) atoms. The first kappa shape index (κ1) is 15.0. The topological polar surface area (TPSA) is 92.5 Å². The fourth-order valence-corrected chi connectivity index (χ4v) is 2.58. The minimum absolute atomic E-state index is 0.323. The van der Waals surface area contributed by atoms with Crippen molar-refractivity contribution in [2.75, 3.05) is 6.54 Å². The molecule has 0 spiro atoms. The van der Waals surface area contributed by atoms with Crippen LogP contribution in [0.25, 0.3) is 0 Å². The number of amides is 3. The van der Waals surface area contributed by atoms with Crippen molar-refractivity contribution >= 4 is 17.7 Å². The van der Waals surface area contributed by atoms with Crippen LogP contribution >= 0.6 is 0 Å². The number of furan rings is 1. The average Bonchev–Trinajstić information content (AvgIpc) is 3.12. The molecule has 3 rings (SSSR count). The van der Waals surface area contributed by atoms with Gasteiger partial charge in [0.25, 0.3) is 5.91 Å². The molecular weight excluding hydrogens is 298 g/mol. The number of aryl methyl sites for hydroxylation is 1. The Kier molecular flexibility index (Phi) is 3.48. The maximum Gasteiger partial charge on any atom is 0.325 e. The number of carbonyl (C=O) groups excluding carboxylic acids is 3. The van der Waals surface area contributed by atoms with Gasteiger partial charge in [0, 0.05) is 17.5 Å². The molecule has 1 aliphatic heterocycles. The summed E-state index contributed by atoms with van der Waals surface area (Å²) in [6, 6.07) is 5.87. The molecule has 0 bridgehead atoms. The fraction of sp³-hybridized carbons (Fsp3) is 0.250. The van der Waals surface area contributed by atoms with Crippen LogP contribution in [-0.4, -0.2) is 34.2 Å². The number of aromatic nitrogens is 1. The highest BCUT2D eigenvalue weighted by molar-refractivity contribution is 6.11. The largest absolute Gasteiger partial charge is 0.466 e. The van der Waals surface area contributed by atoms with E-state index in [0.29, 0.717) is 17.0 Å². The van der Waals surface area contributed by atoms with Gasteiger partial charge in [0.05, 0.1) is 12.8 Å². The number of pyridine rings is 1. The standard InChI is InChI=1S/C16H15N3O4/c1-10-11(5-3-7-17-10)12(20)9-19-14(21)16(2,18-15(19)22)13-6-4-8-23-13/h3-8H,9H2,1-2H3,(H,18,22). The van der Waals surface area contributed by atoms with Gasteiger partial charge in [-0.2, -0.15) is 0 Å². The number of rotatable bonds is 4. The Morgan fingerprint density at radius 1 is 1.35 bits per heavy atom. The van der Waals surface area contributed by atoms with Gasteiger partial charge in [-0.1, -0.05) is 0 Å². The lowest BCUT2D eigenvalue weighted by atomic mass is 9.99. The maximum atomic E-state index is 12.6. The van der Waals surface area contributed by atoms with E-state index in [0.717, 1.165) is 4.90 Å². The number of hydrogen-bond donors (Lipinski definition) is 1. The molecule has 1 saturated heterocycles. The zero-order valence-electron chi connectivity index (χ0n) is 12.7. The molecule has 1 N–H and O–H groups in total. The van der Waals surface area contributed by atoms with Crippen molar-refractivity contribution in [2.45, 2.75) is 19.4 Å². The van der Waals surface area contributed by atoms with Crippen LogP contribution < -0.4 is 5.32 Å². The number of nitrogens with zero attached hydrogens (tertiary/aromatic N) is 2. The van der Waals surface area contributed by atoms with Gasteiger partial charge in [-0.25, -0.2) is 4.79 Å². The van der Waals surface area contributed by atoms with Crippen LogP contribution in [0.3, 0.4) is 0 Å². The molecule has 0 aromatic carbocycles. The molecular formula is C16H15N3O4. The number of nitrogens with one attached hydrogen (secondary N) is 1. The Morgan fingerprint density at radius 2 is 2.13 bits per heavy atom. The molecule has 1 aliphatic rings. The SMILES string of the molecule is Cc1ncccc1C(=O)CN1C(=O)NC(C)(c2ccco2)C1=O. The van der Waals surface area contributed by atoms with E-state index in [1.807, 2.05) is 0 Å². The third kappa shape index (κ3) is 2.40. The minimum Gasteiger partial charge on any atom is -0.466 e. The predicted octanol–water partition coefficient (Wildman–Crippen LogP) is 1.63. The molecule has 1 atom stereocenters. The van der Waals surface area contributed by atoms with Gasteiger partial charge in [0.2, 0.25) is 0 Å². The first-order chi connectivity index (χ1) is 10.9.